The van der Waals surface area contributed by atoms with E-state index < -0.39 is 0 Å². The minimum Gasteiger partial charge on any atom is -0.294 e. The van der Waals surface area contributed by atoms with E-state index in [4.69, 9.17) is 5.26 Å². The molecule has 0 fully saturated rings. The van der Waals surface area contributed by atoms with Gasteiger partial charge in [-0.3, -0.25) is 4.79 Å². The fraction of sp³-hybridized carbons (Fsp3) is 0.333. The molecule has 0 saturated heterocycles. The Morgan fingerprint density at radius 1 is 1.36 bits per heavy atom. The maximum Gasteiger partial charge on any atom is 0.163 e. The highest BCUT2D eigenvalue weighted by atomic mass is 16.1. The van der Waals surface area contributed by atoms with Crippen LogP contribution in [0.25, 0.3) is 0 Å². The van der Waals surface area contributed by atoms with E-state index in [1.165, 1.54) is 5.56 Å². The summed E-state index contributed by atoms with van der Waals surface area (Å²) in [5.74, 6) is 0.0506. The van der Waals surface area contributed by atoms with Crippen LogP contribution in [0.15, 0.2) is 18.2 Å². The molecule has 0 atom stereocenters. The number of hydrogen-bond acceptors (Lipinski definition) is 2. The summed E-state index contributed by atoms with van der Waals surface area (Å²) < 4.78 is 0. The number of benzene rings is 1. The minimum atomic E-state index is 0.0506. The normalized spacial score (nSPS) is 9.50. The molecule has 0 radical (unpaired) electrons. The summed E-state index contributed by atoms with van der Waals surface area (Å²) in [6, 6.07) is 7.62. The van der Waals surface area contributed by atoms with Crippen molar-refractivity contribution in [3.63, 3.8) is 0 Å². The second kappa shape index (κ2) is 4.57. The molecular formula is C12H13NO. The third-order valence-corrected chi connectivity index (χ3v) is 2.29. The summed E-state index contributed by atoms with van der Waals surface area (Å²) in [5.41, 5.74) is 3.01. The van der Waals surface area contributed by atoms with Crippen LogP contribution in [0.1, 0.15) is 34.3 Å². The lowest BCUT2D eigenvalue weighted by atomic mass is 10.0. The number of carbonyl (C=O) groups excluding carboxylic acids is 1. The number of aryl methyl sites for hydroxylation is 2. The molecule has 0 bridgehead atoms. The molecule has 2 nitrogen and oxygen atoms in total. The summed E-state index contributed by atoms with van der Waals surface area (Å²) >= 11 is 0. The van der Waals surface area contributed by atoms with Crippen LogP contribution in [0.5, 0.6) is 0 Å². The summed E-state index contributed by atoms with van der Waals surface area (Å²) in [6.45, 7) is 4.00. The second-order valence-corrected chi connectivity index (χ2v) is 3.38. The highest BCUT2D eigenvalue weighted by Crippen LogP contribution is 2.12. The molecule has 14 heavy (non-hydrogen) atoms. The molecular weight excluding hydrogens is 174 g/mol. The molecule has 0 spiro atoms. The molecule has 72 valence electrons. The third-order valence-electron chi connectivity index (χ3n) is 2.29. The second-order valence-electron chi connectivity index (χ2n) is 3.38. The summed E-state index contributed by atoms with van der Waals surface area (Å²) in [7, 11) is 0. The molecule has 0 aliphatic heterocycles. The molecule has 1 aromatic rings. The SMILES string of the molecule is Cc1ccc(C(=O)CCC#N)cc1C. The van der Waals surface area contributed by atoms with E-state index in [9.17, 15) is 4.79 Å². The first kappa shape index (κ1) is 10.5. The first-order valence-corrected chi connectivity index (χ1v) is 4.62. The molecule has 0 aliphatic rings. The number of nitriles is 1. The van der Waals surface area contributed by atoms with Crippen molar-refractivity contribution in [3.8, 4) is 6.07 Å². The van der Waals surface area contributed by atoms with E-state index >= 15 is 0 Å². The predicted molar refractivity (Wildman–Crippen MR) is 55.1 cm³/mol. The number of rotatable bonds is 3. The van der Waals surface area contributed by atoms with E-state index in [0.717, 1.165) is 5.56 Å². The Bertz CT molecular complexity index is 388. The number of nitrogens with zero attached hydrogens (tertiary/aromatic N) is 1. The first-order chi connectivity index (χ1) is 6.65. The Balaban J connectivity index is 2.82. The molecule has 0 saturated carbocycles. The van der Waals surface area contributed by atoms with Gasteiger partial charge in [0.1, 0.15) is 0 Å². The molecule has 0 unspecified atom stereocenters. The van der Waals surface area contributed by atoms with Gasteiger partial charge < -0.3 is 0 Å². The summed E-state index contributed by atoms with van der Waals surface area (Å²) in [5, 5.41) is 8.36. The summed E-state index contributed by atoms with van der Waals surface area (Å²) in [4.78, 5) is 11.5. The molecule has 2 heteroatoms. The van der Waals surface area contributed by atoms with E-state index in [-0.39, 0.29) is 5.78 Å². The zero-order valence-corrected chi connectivity index (χ0v) is 8.50. The molecule has 0 N–H and O–H groups in total. The molecule has 0 amide bonds. The van der Waals surface area contributed by atoms with Gasteiger partial charge in [0.2, 0.25) is 0 Å². The average molecular weight is 187 g/mol. The smallest absolute Gasteiger partial charge is 0.163 e. The van der Waals surface area contributed by atoms with Crippen molar-refractivity contribution in [2.75, 3.05) is 0 Å². The van der Waals surface area contributed by atoms with Crippen LogP contribution in [0.3, 0.4) is 0 Å². The zero-order valence-electron chi connectivity index (χ0n) is 8.50. The lowest BCUT2D eigenvalue weighted by Crippen LogP contribution is -1.99. The lowest BCUT2D eigenvalue weighted by molar-refractivity contribution is 0.0984. The highest BCUT2D eigenvalue weighted by molar-refractivity contribution is 5.96. The first-order valence-electron chi connectivity index (χ1n) is 4.62. The third kappa shape index (κ3) is 2.43. The van der Waals surface area contributed by atoms with Crippen molar-refractivity contribution in [1.82, 2.24) is 0 Å². The Labute approximate surface area is 84.2 Å². The minimum absolute atomic E-state index is 0.0506. The number of carbonyl (C=O) groups is 1. The Hall–Kier alpha value is -1.62. The predicted octanol–water partition coefficient (Wildman–Crippen LogP) is 2.79. The fourth-order valence-electron chi connectivity index (χ4n) is 1.23. The van der Waals surface area contributed by atoms with Gasteiger partial charge in [-0.25, -0.2) is 0 Å². The zero-order chi connectivity index (χ0) is 10.6. The standard InChI is InChI=1S/C12H13NO/c1-9-5-6-11(8-10(9)2)12(14)4-3-7-13/h5-6,8H,3-4H2,1-2H3. The van der Waals surface area contributed by atoms with Crippen molar-refractivity contribution >= 4 is 5.78 Å². The molecule has 0 aromatic heterocycles. The van der Waals surface area contributed by atoms with Gasteiger partial charge in [-0.15, -0.1) is 0 Å². The van der Waals surface area contributed by atoms with Crippen LogP contribution in [-0.4, -0.2) is 5.78 Å². The van der Waals surface area contributed by atoms with Gasteiger partial charge in [0, 0.05) is 18.4 Å². The van der Waals surface area contributed by atoms with Gasteiger partial charge in [0.15, 0.2) is 5.78 Å². The van der Waals surface area contributed by atoms with Crippen LogP contribution in [0.2, 0.25) is 0 Å². The van der Waals surface area contributed by atoms with Crippen LogP contribution in [0.4, 0.5) is 0 Å². The largest absolute Gasteiger partial charge is 0.294 e. The lowest BCUT2D eigenvalue weighted by Gasteiger charge is -2.02. The average Bonchev–Trinajstić information content (AvgIpc) is 2.18. The molecule has 0 heterocycles. The van der Waals surface area contributed by atoms with Gasteiger partial charge in [-0.1, -0.05) is 12.1 Å². The van der Waals surface area contributed by atoms with Gasteiger partial charge >= 0.3 is 0 Å². The van der Waals surface area contributed by atoms with E-state index in [0.29, 0.717) is 18.4 Å². The summed E-state index contributed by atoms with van der Waals surface area (Å²) in [6.07, 6.45) is 0.616. The topological polar surface area (TPSA) is 40.9 Å². The van der Waals surface area contributed by atoms with Crippen LogP contribution < -0.4 is 0 Å². The molecule has 1 rings (SSSR count). The Kier molecular flexibility index (Phi) is 3.41. The van der Waals surface area contributed by atoms with Crippen LogP contribution >= 0.6 is 0 Å². The number of Topliss-reactive ketones (excluding diaryl/α,β-unsaturated/α-hetero) is 1. The van der Waals surface area contributed by atoms with Gasteiger partial charge in [-0.05, 0) is 31.0 Å². The van der Waals surface area contributed by atoms with Crippen molar-refractivity contribution < 1.29 is 4.79 Å². The monoisotopic (exact) mass is 187 g/mol. The van der Waals surface area contributed by atoms with Crippen molar-refractivity contribution in [3.05, 3.63) is 34.9 Å². The van der Waals surface area contributed by atoms with Gasteiger partial charge in [-0.2, -0.15) is 5.26 Å². The number of ketones is 1. The van der Waals surface area contributed by atoms with E-state index in [1.54, 1.807) is 0 Å². The van der Waals surface area contributed by atoms with Crippen molar-refractivity contribution in [1.29, 1.82) is 5.26 Å². The molecule has 0 aliphatic carbocycles. The van der Waals surface area contributed by atoms with E-state index in [1.807, 2.05) is 38.1 Å². The maximum atomic E-state index is 11.5. The Morgan fingerprint density at radius 3 is 2.64 bits per heavy atom. The van der Waals surface area contributed by atoms with Crippen molar-refractivity contribution in [2.24, 2.45) is 0 Å². The van der Waals surface area contributed by atoms with Crippen LogP contribution in [-0.2, 0) is 0 Å². The van der Waals surface area contributed by atoms with E-state index in [2.05, 4.69) is 0 Å². The number of hydrogen-bond donors (Lipinski definition) is 0. The van der Waals surface area contributed by atoms with Gasteiger partial charge in [0.25, 0.3) is 0 Å². The fourth-order valence-corrected chi connectivity index (χ4v) is 1.23. The quantitative estimate of drug-likeness (QED) is 0.683. The maximum absolute atomic E-state index is 11.5. The van der Waals surface area contributed by atoms with Crippen LogP contribution in [0, 0.1) is 25.2 Å². The molecule has 1 aromatic carbocycles. The van der Waals surface area contributed by atoms with Crippen molar-refractivity contribution in [2.45, 2.75) is 26.7 Å². The Morgan fingerprint density at radius 2 is 2.07 bits per heavy atom. The highest BCUT2D eigenvalue weighted by Gasteiger charge is 2.05. The van der Waals surface area contributed by atoms with Gasteiger partial charge in [0.05, 0.1) is 6.07 Å².